The second-order valence-corrected chi connectivity index (χ2v) is 10.8. The van der Waals surface area contributed by atoms with Gasteiger partial charge in [0.25, 0.3) is 0 Å². The van der Waals surface area contributed by atoms with E-state index in [4.69, 9.17) is 0 Å². The smallest absolute Gasteiger partial charge is 0.121 e. The van der Waals surface area contributed by atoms with Gasteiger partial charge in [-0.3, -0.25) is 0 Å². The third-order valence-corrected chi connectivity index (χ3v) is 6.41. The number of rotatable bonds is 0. The van der Waals surface area contributed by atoms with E-state index in [0.29, 0.717) is 5.75 Å². The van der Waals surface area contributed by atoms with E-state index in [1.165, 1.54) is 27.8 Å². The Bertz CT molecular complexity index is 735. The summed E-state index contributed by atoms with van der Waals surface area (Å²) in [5.41, 5.74) is 9.82. The van der Waals surface area contributed by atoms with E-state index in [1.807, 2.05) is 0 Å². The predicted octanol–water partition coefficient (Wildman–Crippen LogP) is 6.96. The van der Waals surface area contributed by atoms with E-state index in [9.17, 15) is 5.11 Å². The van der Waals surface area contributed by atoms with Crippen LogP contribution in [0.4, 0.5) is 0 Å². The molecule has 0 atom stereocenters. The van der Waals surface area contributed by atoms with Gasteiger partial charge in [-0.15, -0.1) is 0 Å². The van der Waals surface area contributed by atoms with Crippen LogP contribution in [0, 0.1) is 6.92 Å². The summed E-state index contributed by atoms with van der Waals surface area (Å²) >= 11 is 0. The quantitative estimate of drug-likeness (QED) is 0.525. The third kappa shape index (κ3) is 4.45. The molecule has 3 rings (SSSR count). The average Bonchev–Trinajstić information content (AvgIpc) is 2.57. The van der Waals surface area contributed by atoms with Gasteiger partial charge in [0.15, 0.2) is 0 Å². The molecule has 1 N–H and O–H groups in total. The minimum Gasteiger partial charge on any atom is -0.507 e. The Morgan fingerprint density at radius 1 is 0.607 bits per heavy atom. The largest absolute Gasteiger partial charge is 0.507 e. The predicted molar refractivity (Wildman–Crippen MR) is 121 cm³/mol. The van der Waals surface area contributed by atoms with Crippen LogP contribution in [0.1, 0.15) is 93.3 Å². The van der Waals surface area contributed by atoms with Crippen LogP contribution in [0.25, 0.3) is 0 Å². The van der Waals surface area contributed by atoms with Crippen LogP contribution < -0.4 is 0 Å². The van der Waals surface area contributed by atoms with Crippen molar-refractivity contribution in [3.05, 3.63) is 63.2 Å². The Hall–Kier alpha value is -1.76. The lowest BCUT2D eigenvalue weighted by atomic mass is 9.80. The van der Waals surface area contributed by atoms with Crippen LogP contribution in [0.5, 0.6) is 5.75 Å². The third-order valence-electron chi connectivity index (χ3n) is 6.41. The number of benzene rings is 2. The molecular weight excluding hydrogens is 340 g/mol. The Balaban J connectivity index is 2.01. The second kappa shape index (κ2) is 7.58. The van der Waals surface area contributed by atoms with Crippen molar-refractivity contribution in [1.82, 2.24) is 0 Å². The SMILES string of the molecule is Cc1c2cc(C(C)(C)C)cc1CCCc1cc(C(C)(C)C)cc(c1O)CCC2. The van der Waals surface area contributed by atoms with Crippen molar-refractivity contribution in [3.8, 4) is 5.75 Å². The van der Waals surface area contributed by atoms with Gasteiger partial charge in [0.2, 0.25) is 0 Å². The van der Waals surface area contributed by atoms with Crippen LogP contribution in [0.15, 0.2) is 24.3 Å². The summed E-state index contributed by atoms with van der Waals surface area (Å²) in [5.74, 6) is 0.546. The molecule has 1 aliphatic rings. The first kappa shape index (κ1) is 21.0. The molecule has 1 heteroatoms. The highest BCUT2D eigenvalue weighted by atomic mass is 16.3. The zero-order chi connectivity index (χ0) is 20.7. The van der Waals surface area contributed by atoms with E-state index < -0.39 is 0 Å². The molecule has 0 aliphatic heterocycles. The molecule has 0 heterocycles. The molecule has 28 heavy (non-hydrogen) atoms. The summed E-state index contributed by atoms with van der Waals surface area (Å²) in [7, 11) is 0. The van der Waals surface area contributed by atoms with Gasteiger partial charge in [-0.1, -0.05) is 65.8 Å². The lowest BCUT2D eigenvalue weighted by Crippen LogP contribution is -2.14. The molecule has 0 unspecified atom stereocenters. The summed E-state index contributed by atoms with van der Waals surface area (Å²) in [6.45, 7) is 16.0. The van der Waals surface area contributed by atoms with E-state index >= 15 is 0 Å². The van der Waals surface area contributed by atoms with Gasteiger partial charge in [0.1, 0.15) is 5.75 Å². The van der Waals surface area contributed by atoms with E-state index in [2.05, 4.69) is 72.7 Å². The number of aromatic hydroxyl groups is 1. The summed E-state index contributed by atoms with van der Waals surface area (Å²) in [4.78, 5) is 0. The van der Waals surface area contributed by atoms with Crippen molar-refractivity contribution in [2.24, 2.45) is 0 Å². The lowest BCUT2D eigenvalue weighted by Gasteiger charge is -2.25. The molecule has 4 bridgehead atoms. The van der Waals surface area contributed by atoms with Gasteiger partial charge in [-0.2, -0.15) is 0 Å². The molecule has 0 spiro atoms. The highest BCUT2D eigenvalue weighted by Crippen LogP contribution is 2.35. The summed E-state index contributed by atoms with van der Waals surface area (Å²) in [6, 6.07) is 9.35. The fourth-order valence-electron chi connectivity index (χ4n) is 4.30. The number of aryl methyl sites for hydroxylation is 4. The maximum absolute atomic E-state index is 10.9. The molecule has 1 nitrogen and oxygen atoms in total. The Kier molecular flexibility index (Phi) is 5.67. The second-order valence-electron chi connectivity index (χ2n) is 10.8. The highest BCUT2D eigenvalue weighted by molar-refractivity contribution is 5.47. The van der Waals surface area contributed by atoms with Crippen LogP contribution >= 0.6 is 0 Å². The number of phenols is 1. The normalized spacial score (nSPS) is 15.7. The fraction of sp³-hybridized carbons (Fsp3) is 0.556. The van der Waals surface area contributed by atoms with E-state index in [0.717, 1.165) is 49.7 Å². The zero-order valence-electron chi connectivity index (χ0n) is 19.0. The van der Waals surface area contributed by atoms with Crippen LogP contribution in [0.3, 0.4) is 0 Å². The van der Waals surface area contributed by atoms with Crippen molar-refractivity contribution in [2.45, 2.75) is 97.8 Å². The van der Waals surface area contributed by atoms with Crippen molar-refractivity contribution < 1.29 is 5.11 Å². The van der Waals surface area contributed by atoms with Gasteiger partial charge < -0.3 is 5.11 Å². The molecule has 0 saturated carbocycles. The Morgan fingerprint density at radius 2 is 0.929 bits per heavy atom. The first-order valence-corrected chi connectivity index (χ1v) is 10.9. The highest BCUT2D eigenvalue weighted by Gasteiger charge is 2.21. The van der Waals surface area contributed by atoms with Gasteiger partial charge in [0.05, 0.1) is 0 Å². The molecule has 152 valence electrons. The molecule has 2 aromatic carbocycles. The molecular formula is C27H38O. The maximum atomic E-state index is 10.9. The molecule has 1 aliphatic carbocycles. The van der Waals surface area contributed by atoms with Crippen LogP contribution in [0.2, 0.25) is 0 Å². The number of hydrogen-bond donors (Lipinski definition) is 1. The first-order valence-electron chi connectivity index (χ1n) is 10.9. The molecule has 0 saturated heterocycles. The molecule has 2 aromatic rings. The Labute approximate surface area is 172 Å². The maximum Gasteiger partial charge on any atom is 0.121 e. The van der Waals surface area contributed by atoms with Crippen molar-refractivity contribution in [1.29, 1.82) is 0 Å². The molecule has 0 aromatic heterocycles. The monoisotopic (exact) mass is 378 g/mol. The molecule has 0 fully saturated rings. The topological polar surface area (TPSA) is 20.2 Å². The van der Waals surface area contributed by atoms with Crippen molar-refractivity contribution >= 4 is 0 Å². The van der Waals surface area contributed by atoms with Gasteiger partial charge in [-0.25, -0.2) is 0 Å². The van der Waals surface area contributed by atoms with E-state index in [-0.39, 0.29) is 10.8 Å². The van der Waals surface area contributed by atoms with Gasteiger partial charge >= 0.3 is 0 Å². The average molecular weight is 379 g/mol. The summed E-state index contributed by atoms with van der Waals surface area (Å²) in [5, 5.41) is 10.9. The van der Waals surface area contributed by atoms with Gasteiger partial charge in [0, 0.05) is 0 Å². The lowest BCUT2D eigenvalue weighted by molar-refractivity contribution is 0.457. The number of fused-ring (bicyclic) bond motifs is 4. The number of phenolic OH excluding ortho intramolecular Hbond substituents is 1. The standard InChI is InChI=1S/C27H38O/c1-18-19-10-8-12-21-16-24(27(5,6)7)17-22(25(21)28)13-9-11-20(18)15-23(14-19)26(2,3)4/h14-17,28H,8-13H2,1-7H3. The molecule has 0 amide bonds. The minimum absolute atomic E-state index is 0.108. The minimum atomic E-state index is 0.108. The van der Waals surface area contributed by atoms with Gasteiger partial charge in [-0.05, 0) is 95.2 Å². The first-order chi connectivity index (χ1) is 13.0. The zero-order valence-corrected chi connectivity index (χ0v) is 19.0. The van der Waals surface area contributed by atoms with Crippen molar-refractivity contribution in [3.63, 3.8) is 0 Å². The summed E-state index contributed by atoms with van der Waals surface area (Å²) < 4.78 is 0. The summed E-state index contributed by atoms with van der Waals surface area (Å²) in [6.07, 6.45) is 6.20. The number of hydrogen-bond acceptors (Lipinski definition) is 1. The molecule has 0 radical (unpaired) electrons. The van der Waals surface area contributed by atoms with Crippen molar-refractivity contribution in [2.75, 3.05) is 0 Å². The fourth-order valence-corrected chi connectivity index (χ4v) is 4.30. The van der Waals surface area contributed by atoms with Crippen LogP contribution in [-0.4, -0.2) is 5.11 Å². The van der Waals surface area contributed by atoms with Crippen LogP contribution in [-0.2, 0) is 36.5 Å². The Morgan fingerprint density at radius 3 is 1.29 bits per heavy atom. The van der Waals surface area contributed by atoms with E-state index in [1.54, 1.807) is 0 Å².